The van der Waals surface area contributed by atoms with E-state index in [9.17, 15) is 9.59 Å². The first-order valence-corrected chi connectivity index (χ1v) is 7.97. The highest BCUT2D eigenvalue weighted by Crippen LogP contribution is 2.22. The molecule has 1 aromatic rings. The van der Waals surface area contributed by atoms with Gasteiger partial charge in [-0.1, -0.05) is 6.92 Å². The van der Waals surface area contributed by atoms with Gasteiger partial charge in [-0.3, -0.25) is 9.59 Å². The highest BCUT2D eigenvalue weighted by atomic mass is 16.2. The number of carbonyl (C=O) groups is 2. The monoisotopic (exact) mass is 303 g/mol. The molecule has 1 heterocycles. The third-order valence-corrected chi connectivity index (χ3v) is 4.04. The predicted octanol–water partition coefficient (Wildman–Crippen LogP) is 2.11. The van der Waals surface area contributed by atoms with Gasteiger partial charge in [-0.15, -0.1) is 0 Å². The average molecular weight is 303 g/mol. The van der Waals surface area contributed by atoms with Gasteiger partial charge >= 0.3 is 0 Å². The molecule has 1 aromatic carbocycles. The van der Waals surface area contributed by atoms with Crippen LogP contribution in [0.5, 0.6) is 0 Å². The fraction of sp³-hybridized carbons (Fsp3) is 0.529. The number of rotatable bonds is 6. The molecule has 2 rings (SSSR count). The van der Waals surface area contributed by atoms with Crippen LogP contribution in [-0.2, 0) is 4.79 Å². The van der Waals surface area contributed by atoms with Gasteiger partial charge in [0, 0.05) is 44.4 Å². The number of nitrogens with one attached hydrogen (secondary N) is 2. The summed E-state index contributed by atoms with van der Waals surface area (Å²) in [4.78, 5) is 25.7. The van der Waals surface area contributed by atoms with Gasteiger partial charge < -0.3 is 15.5 Å². The summed E-state index contributed by atoms with van der Waals surface area (Å²) in [6.45, 7) is 4.45. The van der Waals surface area contributed by atoms with E-state index in [0.29, 0.717) is 18.5 Å². The first kappa shape index (κ1) is 16.3. The molecule has 2 N–H and O–H groups in total. The Morgan fingerprint density at radius 3 is 2.64 bits per heavy atom. The topological polar surface area (TPSA) is 61.4 Å². The molecule has 1 aliphatic heterocycles. The summed E-state index contributed by atoms with van der Waals surface area (Å²) in [5.74, 6) is 0.376. The number of likely N-dealkylation sites (tertiary alicyclic amines) is 1. The predicted molar refractivity (Wildman–Crippen MR) is 87.9 cm³/mol. The summed E-state index contributed by atoms with van der Waals surface area (Å²) in [7, 11) is 1.65. The summed E-state index contributed by atoms with van der Waals surface area (Å²) in [5, 5.41) is 5.94. The summed E-state index contributed by atoms with van der Waals surface area (Å²) < 4.78 is 0. The SMILES string of the molecule is CCCNc1ccc(C(=O)N2CC[C@@H](CC(=O)NC)C2)cc1. The van der Waals surface area contributed by atoms with Gasteiger partial charge in [0.05, 0.1) is 0 Å². The zero-order valence-corrected chi connectivity index (χ0v) is 13.4. The molecular formula is C17H25N3O2. The van der Waals surface area contributed by atoms with Gasteiger partial charge in [0.1, 0.15) is 0 Å². The molecule has 0 aliphatic carbocycles. The molecule has 0 aromatic heterocycles. The van der Waals surface area contributed by atoms with Crippen molar-refractivity contribution in [1.82, 2.24) is 10.2 Å². The van der Waals surface area contributed by atoms with E-state index in [1.165, 1.54) is 0 Å². The molecule has 0 spiro atoms. The molecule has 1 atom stereocenters. The second-order valence-electron chi connectivity index (χ2n) is 5.79. The minimum absolute atomic E-state index is 0.0469. The maximum absolute atomic E-state index is 12.5. The second-order valence-corrected chi connectivity index (χ2v) is 5.79. The average Bonchev–Trinajstić information content (AvgIpc) is 3.01. The highest BCUT2D eigenvalue weighted by molar-refractivity contribution is 5.94. The van der Waals surface area contributed by atoms with Gasteiger partial charge in [-0.05, 0) is 43.0 Å². The minimum atomic E-state index is 0.0469. The Bertz CT molecular complexity index is 513. The lowest BCUT2D eigenvalue weighted by molar-refractivity contribution is -0.121. The van der Waals surface area contributed by atoms with E-state index >= 15 is 0 Å². The van der Waals surface area contributed by atoms with Gasteiger partial charge in [0.15, 0.2) is 0 Å². The molecule has 0 saturated carbocycles. The number of nitrogens with zero attached hydrogens (tertiary/aromatic N) is 1. The zero-order valence-electron chi connectivity index (χ0n) is 13.4. The lowest BCUT2D eigenvalue weighted by Gasteiger charge is -2.17. The summed E-state index contributed by atoms with van der Waals surface area (Å²) >= 11 is 0. The number of hydrogen-bond donors (Lipinski definition) is 2. The van der Waals surface area contributed by atoms with Crippen molar-refractivity contribution in [2.45, 2.75) is 26.2 Å². The van der Waals surface area contributed by atoms with Gasteiger partial charge in [-0.25, -0.2) is 0 Å². The fourth-order valence-corrected chi connectivity index (χ4v) is 2.73. The number of hydrogen-bond acceptors (Lipinski definition) is 3. The lowest BCUT2D eigenvalue weighted by atomic mass is 10.0. The third kappa shape index (κ3) is 4.23. The Kier molecular flexibility index (Phi) is 5.81. The molecule has 0 bridgehead atoms. The van der Waals surface area contributed by atoms with Crippen LogP contribution in [0, 0.1) is 5.92 Å². The number of amides is 2. The summed E-state index contributed by atoms with van der Waals surface area (Å²) in [5.41, 5.74) is 1.75. The van der Waals surface area contributed by atoms with Crippen LogP contribution in [-0.4, -0.2) is 43.4 Å². The van der Waals surface area contributed by atoms with E-state index < -0.39 is 0 Å². The minimum Gasteiger partial charge on any atom is -0.385 e. The molecule has 5 nitrogen and oxygen atoms in total. The number of anilines is 1. The van der Waals surface area contributed by atoms with Crippen LogP contribution < -0.4 is 10.6 Å². The standard InChI is InChI=1S/C17H25N3O2/c1-3-9-19-15-6-4-14(5-7-15)17(22)20-10-8-13(12-20)11-16(21)18-2/h4-7,13,19H,3,8-12H2,1-2H3,(H,18,21)/t13-/m0/s1. The van der Waals surface area contributed by atoms with Crippen molar-refractivity contribution in [1.29, 1.82) is 0 Å². The van der Waals surface area contributed by atoms with E-state index in [2.05, 4.69) is 17.6 Å². The van der Waals surface area contributed by atoms with Crippen LogP contribution in [0.25, 0.3) is 0 Å². The Labute approximate surface area is 132 Å². The first-order valence-electron chi connectivity index (χ1n) is 7.97. The van der Waals surface area contributed by atoms with Gasteiger partial charge in [0.25, 0.3) is 5.91 Å². The van der Waals surface area contributed by atoms with E-state index in [0.717, 1.165) is 31.6 Å². The number of benzene rings is 1. The van der Waals surface area contributed by atoms with Crippen LogP contribution in [0.2, 0.25) is 0 Å². The summed E-state index contributed by atoms with van der Waals surface area (Å²) in [6.07, 6.45) is 2.47. The van der Waals surface area contributed by atoms with Crippen molar-refractivity contribution in [3.63, 3.8) is 0 Å². The Morgan fingerprint density at radius 1 is 1.27 bits per heavy atom. The van der Waals surface area contributed by atoms with Crippen LogP contribution >= 0.6 is 0 Å². The normalized spacial score (nSPS) is 17.4. The molecular weight excluding hydrogens is 278 g/mol. The molecule has 22 heavy (non-hydrogen) atoms. The fourth-order valence-electron chi connectivity index (χ4n) is 2.73. The molecule has 1 saturated heterocycles. The highest BCUT2D eigenvalue weighted by Gasteiger charge is 2.28. The molecule has 0 unspecified atom stereocenters. The van der Waals surface area contributed by atoms with E-state index in [1.54, 1.807) is 7.05 Å². The zero-order chi connectivity index (χ0) is 15.9. The van der Waals surface area contributed by atoms with E-state index in [1.807, 2.05) is 29.2 Å². The van der Waals surface area contributed by atoms with Gasteiger partial charge in [-0.2, -0.15) is 0 Å². The maximum Gasteiger partial charge on any atom is 0.253 e. The van der Waals surface area contributed by atoms with E-state index in [-0.39, 0.29) is 17.7 Å². The second kappa shape index (κ2) is 7.82. The molecule has 1 aliphatic rings. The van der Waals surface area contributed by atoms with Crippen molar-refractivity contribution < 1.29 is 9.59 Å². The maximum atomic E-state index is 12.5. The van der Waals surface area contributed by atoms with Crippen molar-refractivity contribution in [3.05, 3.63) is 29.8 Å². The quantitative estimate of drug-likeness (QED) is 0.846. The largest absolute Gasteiger partial charge is 0.385 e. The van der Waals surface area contributed by atoms with Crippen molar-refractivity contribution in [2.75, 3.05) is 32.0 Å². The third-order valence-electron chi connectivity index (χ3n) is 4.04. The smallest absolute Gasteiger partial charge is 0.253 e. The first-order chi connectivity index (χ1) is 10.6. The van der Waals surface area contributed by atoms with Crippen LogP contribution in [0.4, 0.5) is 5.69 Å². The Balaban J connectivity index is 1.90. The Hall–Kier alpha value is -2.04. The molecule has 0 radical (unpaired) electrons. The molecule has 2 amide bonds. The summed E-state index contributed by atoms with van der Waals surface area (Å²) in [6, 6.07) is 7.63. The molecule has 5 heteroatoms. The van der Waals surface area contributed by atoms with Crippen LogP contribution in [0.1, 0.15) is 36.5 Å². The van der Waals surface area contributed by atoms with Crippen LogP contribution in [0.15, 0.2) is 24.3 Å². The molecule has 1 fully saturated rings. The molecule has 120 valence electrons. The lowest BCUT2D eigenvalue weighted by Crippen LogP contribution is -2.29. The van der Waals surface area contributed by atoms with Crippen molar-refractivity contribution in [3.8, 4) is 0 Å². The van der Waals surface area contributed by atoms with E-state index in [4.69, 9.17) is 0 Å². The van der Waals surface area contributed by atoms with Crippen molar-refractivity contribution in [2.24, 2.45) is 5.92 Å². The van der Waals surface area contributed by atoms with Crippen molar-refractivity contribution >= 4 is 17.5 Å². The van der Waals surface area contributed by atoms with Gasteiger partial charge in [0.2, 0.25) is 5.91 Å². The number of carbonyl (C=O) groups excluding carboxylic acids is 2. The van der Waals surface area contributed by atoms with Crippen LogP contribution in [0.3, 0.4) is 0 Å². The Morgan fingerprint density at radius 2 is 2.00 bits per heavy atom.